The third-order valence-corrected chi connectivity index (χ3v) is 3.81. The summed E-state index contributed by atoms with van der Waals surface area (Å²) in [5.41, 5.74) is 2.51. The Labute approximate surface area is 129 Å². The average molecular weight is 291 g/mol. The number of nitrogens with zero attached hydrogens (tertiary/aromatic N) is 1. The first kappa shape index (κ1) is 17.7. The van der Waals surface area contributed by atoms with Crippen LogP contribution in [-0.2, 0) is 11.3 Å². The van der Waals surface area contributed by atoms with Gasteiger partial charge in [0.2, 0.25) is 0 Å². The van der Waals surface area contributed by atoms with Gasteiger partial charge in [-0.3, -0.25) is 9.69 Å². The summed E-state index contributed by atoms with van der Waals surface area (Å²) in [5.74, 6) is -1.03. The second kappa shape index (κ2) is 9.56. The van der Waals surface area contributed by atoms with Crippen molar-refractivity contribution in [1.29, 1.82) is 0 Å². The minimum atomic E-state index is -0.711. The van der Waals surface area contributed by atoms with Crippen molar-refractivity contribution in [2.75, 3.05) is 13.1 Å². The van der Waals surface area contributed by atoms with E-state index >= 15 is 0 Å². The lowest BCUT2D eigenvalue weighted by Gasteiger charge is -2.24. The molecule has 1 unspecified atom stereocenters. The molecule has 3 nitrogen and oxygen atoms in total. The van der Waals surface area contributed by atoms with Crippen LogP contribution in [0.1, 0.15) is 50.7 Å². The third-order valence-electron chi connectivity index (χ3n) is 3.81. The van der Waals surface area contributed by atoms with Crippen LogP contribution in [0.25, 0.3) is 0 Å². The zero-order valence-electron chi connectivity index (χ0n) is 13.6. The Morgan fingerprint density at radius 3 is 2.43 bits per heavy atom. The van der Waals surface area contributed by atoms with E-state index in [0.717, 1.165) is 19.5 Å². The molecule has 1 N–H and O–H groups in total. The molecule has 0 bridgehead atoms. The van der Waals surface area contributed by atoms with Gasteiger partial charge >= 0.3 is 5.97 Å². The first-order valence-electron chi connectivity index (χ1n) is 8.03. The minimum absolute atomic E-state index is 0.318. The lowest BCUT2D eigenvalue weighted by atomic mass is 10.1. The van der Waals surface area contributed by atoms with E-state index in [1.165, 1.54) is 30.4 Å². The second-order valence-corrected chi connectivity index (χ2v) is 6.02. The van der Waals surface area contributed by atoms with Crippen LogP contribution in [0, 0.1) is 12.8 Å². The van der Waals surface area contributed by atoms with Crippen LogP contribution < -0.4 is 0 Å². The maximum Gasteiger partial charge on any atom is 0.307 e. The van der Waals surface area contributed by atoms with E-state index in [9.17, 15) is 4.79 Å². The highest BCUT2D eigenvalue weighted by molar-refractivity contribution is 5.69. The zero-order chi connectivity index (χ0) is 15.7. The molecule has 0 heterocycles. The smallest absolute Gasteiger partial charge is 0.307 e. The van der Waals surface area contributed by atoms with E-state index in [2.05, 4.69) is 43.0 Å². The van der Waals surface area contributed by atoms with Crippen LogP contribution in [0.3, 0.4) is 0 Å². The summed E-state index contributed by atoms with van der Waals surface area (Å²) < 4.78 is 0. The molecule has 0 spiro atoms. The molecule has 21 heavy (non-hydrogen) atoms. The van der Waals surface area contributed by atoms with Gasteiger partial charge < -0.3 is 5.11 Å². The quantitative estimate of drug-likeness (QED) is 0.660. The predicted octanol–water partition coefficient (Wildman–Crippen LogP) is 4.10. The zero-order valence-corrected chi connectivity index (χ0v) is 13.6. The Hall–Kier alpha value is -1.35. The summed E-state index contributed by atoms with van der Waals surface area (Å²) in [6.07, 6.45) is 4.85. The molecule has 0 aliphatic carbocycles. The van der Waals surface area contributed by atoms with Crippen molar-refractivity contribution in [2.24, 2.45) is 5.92 Å². The summed E-state index contributed by atoms with van der Waals surface area (Å²) in [7, 11) is 0. The normalized spacial score (nSPS) is 12.6. The van der Waals surface area contributed by atoms with Gasteiger partial charge in [0.1, 0.15) is 0 Å². The topological polar surface area (TPSA) is 40.5 Å². The highest BCUT2D eigenvalue weighted by Gasteiger charge is 2.16. The van der Waals surface area contributed by atoms with Gasteiger partial charge in [0.05, 0.1) is 5.92 Å². The molecule has 1 aromatic carbocycles. The summed E-state index contributed by atoms with van der Waals surface area (Å²) >= 11 is 0. The lowest BCUT2D eigenvalue weighted by molar-refractivity contribution is -0.141. The lowest BCUT2D eigenvalue weighted by Crippen LogP contribution is -2.32. The van der Waals surface area contributed by atoms with Crippen molar-refractivity contribution in [2.45, 2.75) is 53.0 Å². The number of aliphatic carboxylic acids is 1. The summed E-state index contributed by atoms with van der Waals surface area (Å²) in [6, 6.07) is 8.51. The Morgan fingerprint density at radius 2 is 1.86 bits per heavy atom. The molecule has 3 heteroatoms. The molecule has 0 saturated heterocycles. The van der Waals surface area contributed by atoms with Crippen molar-refractivity contribution in [1.82, 2.24) is 4.90 Å². The molecule has 0 radical (unpaired) electrons. The van der Waals surface area contributed by atoms with Crippen molar-refractivity contribution >= 4 is 5.97 Å². The number of carboxylic acid groups (broad SMARTS) is 1. The molecular formula is C18H29NO2. The summed E-state index contributed by atoms with van der Waals surface area (Å²) in [6.45, 7) is 8.51. The van der Waals surface area contributed by atoms with Gasteiger partial charge in [0.25, 0.3) is 0 Å². The molecule has 1 aromatic rings. The predicted molar refractivity (Wildman–Crippen MR) is 87.4 cm³/mol. The molecule has 0 aliphatic rings. The molecule has 0 amide bonds. The number of aryl methyl sites for hydroxylation is 1. The fraction of sp³-hybridized carbons (Fsp3) is 0.611. The Balaban J connectivity index is 2.57. The Morgan fingerprint density at radius 1 is 1.19 bits per heavy atom. The van der Waals surface area contributed by atoms with Crippen LogP contribution >= 0.6 is 0 Å². The first-order valence-corrected chi connectivity index (χ1v) is 8.03. The van der Waals surface area contributed by atoms with Gasteiger partial charge in [0.15, 0.2) is 0 Å². The minimum Gasteiger partial charge on any atom is -0.481 e. The van der Waals surface area contributed by atoms with E-state index in [0.29, 0.717) is 6.54 Å². The number of carboxylic acids is 1. The largest absolute Gasteiger partial charge is 0.481 e. The number of unbranched alkanes of at least 4 members (excludes halogenated alkanes) is 3. The maximum atomic E-state index is 11.1. The SMILES string of the molecule is CCCCCCN(Cc1ccc(C)cc1)CC(C)C(=O)O. The highest BCUT2D eigenvalue weighted by atomic mass is 16.4. The van der Waals surface area contributed by atoms with Crippen LogP contribution in [-0.4, -0.2) is 29.1 Å². The van der Waals surface area contributed by atoms with Crippen LogP contribution in [0.15, 0.2) is 24.3 Å². The number of benzene rings is 1. The molecule has 118 valence electrons. The van der Waals surface area contributed by atoms with Crippen LogP contribution in [0.2, 0.25) is 0 Å². The van der Waals surface area contributed by atoms with Gasteiger partial charge in [-0.2, -0.15) is 0 Å². The molecule has 0 fully saturated rings. The molecule has 0 saturated carbocycles. The third kappa shape index (κ3) is 7.28. The van der Waals surface area contributed by atoms with Gasteiger partial charge in [0, 0.05) is 13.1 Å². The van der Waals surface area contributed by atoms with E-state index < -0.39 is 5.97 Å². The molecule has 0 aromatic heterocycles. The van der Waals surface area contributed by atoms with E-state index in [-0.39, 0.29) is 5.92 Å². The van der Waals surface area contributed by atoms with Gasteiger partial charge in [-0.05, 0) is 25.5 Å². The number of carbonyl (C=O) groups is 1. The van der Waals surface area contributed by atoms with Gasteiger partial charge in [-0.15, -0.1) is 0 Å². The van der Waals surface area contributed by atoms with Crippen LogP contribution in [0.4, 0.5) is 0 Å². The highest BCUT2D eigenvalue weighted by Crippen LogP contribution is 2.11. The summed E-state index contributed by atoms with van der Waals surface area (Å²) in [5, 5.41) is 9.12. The maximum absolute atomic E-state index is 11.1. The molecule has 0 aliphatic heterocycles. The van der Waals surface area contributed by atoms with Crippen molar-refractivity contribution in [3.8, 4) is 0 Å². The fourth-order valence-electron chi connectivity index (χ4n) is 2.41. The van der Waals surface area contributed by atoms with Crippen molar-refractivity contribution < 1.29 is 9.90 Å². The van der Waals surface area contributed by atoms with E-state index in [1.54, 1.807) is 6.92 Å². The van der Waals surface area contributed by atoms with Crippen molar-refractivity contribution in [3.63, 3.8) is 0 Å². The number of rotatable bonds is 10. The standard InChI is InChI=1S/C18H29NO2/c1-4-5-6-7-12-19(13-16(3)18(20)21)14-17-10-8-15(2)9-11-17/h8-11,16H,4-7,12-14H2,1-3H3,(H,20,21). The van der Waals surface area contributed by atoms with Crippen LogP contribution in [0.5, 0.6) is 0 Å². The number of hydrogen-bond donors (Lipinski definition) is 1. The monoisotopic (exact) mass is 291 g/mol. The van der Waals surface area contributed by atoms with Gasteiger partial charge in [-0.1, -0.05) is 62.9 Å². The number of hydrogen-bond acceptors (Lipinski definition) is 2. The average Bonchev–Trinajstić information content (AvgIpc) is 2.45. The second-order valence-electron chi connectivity index (χ2n) is 6.02. The molecule has 1 atom stereocenters. The molecule has 1 rings (SSSR count). The van der Waals surface area contributed by atoms with Crippen molar-refractivity contribution in [3.05, 3.63) is 35.4 Å². The van der Waals surface area contributed by atoms with E-state index in [1.807, 2.05) is 0 Å². The fourth-order valence-corrected chi connectivity index (χ4v) is 2.41. The Bertz CT molecular complexity index is 414. The molecular weight excluding hydrogens is 262 g/mol. The Kier molecular flexibility index (Phi) is 8.06. The van der Waals surface area contributed by atoms with Gasteiger partial charge in [-0.25, -0.2) is 0 Å². The van der Waals surface area contributed by atoms with E-state index in [4.69, 9.17) is 5.11 Å². The summed E-state index contributed by atoms with van der Waals surface area (Å²) in [4.78, 5) is 13.4. The first-order chi connectivity index (χ1) is 10.0.